The van der Waals surface area contributed by atoms with Crippen molar-refractivity contribution in [2.24, 2.45) is 5.92 Å². The Morgan fingerprint density at radius 1 is 1.25 bits per heavy atom. The highest BCUT2D eigenvalue weighted by Crippen LogP contribution is 2.24. The fourth-order valence-electron chi connectivity index (χ4n) is 2.23. The fourth-order valence-corrected chi connectivity index (χ4v) is 4.69. The van der Waals surface area contributed by atoms with Crippen molar-refractivity contribution in [1.29, 1.82) is 0 Å². The molecule has 0 amide bonds. The molecule has 0 N–H and O–H groups in total. The summed E-state index contributed by atoms with van der Waals surface area (Å²) in [6.07, 6.45) is 0.562. The maximum atomic E-state index is 12.6. The summed E-state index contributed by atoms with van der Waals surface area (Å²) in [7, 11) is -3.53. The number of aryl methyl sites for hydroxylation is 1. The van der Waals surface area contributed by atoms with E-state index in [9.17, 15) is 13.2 Å². The standard InChI is InChI=1S/C14H18BrNO3S/c1-10-3-5-12(6-4-10)20(18,19)16-8-7-11(2)14(17)13(15)9-16/h3-6,11,13H,7-9H2,1-2H3/t11-,13+/m0/s1. The number of halogens is 1. The summed E-state index contributed by atoms with van der Waals surface area (Å²) in [6, 6.07) is 6.79. The minimum atomic E-state index is -3.53. The fraction of sp³-hybridized carbons (Fsp3) is 0.500. The molecule has 0 aliphatic carbocycles. The van der Waals surface area contributed by atoms with Gasteiger partial charge in [0.05, 0.1) is 9.72 Å². The van der Waals surface area contributed by atoms with Gasteiger partial charge in [0.25, 0.3) is 0 Å². The molecule has 0 bridgehead atoms. The quantitative estimate of drug-likeness (QED) is 0.761. The Balaban J connectivity index is 2.29. The monoisotopic (exact) mass is 359 g/mol. The number of carbonyl (C=O) groups is 1. The Morgan fingerprint density at radius 2 is 1.85 bits per heavy atom. The average Bonchev–Trinajstić information content (AvgIpc) is 2.53. The topological polar surface area (TPSA) is 54.5 Å². The lowest BCUT2D eigenvalue weighted by Crippen LogP contribution is -2.36. The van der Waals surface area contributed by atoms with Crippen LogP contribution in [0.5, 0.6) is 0 Å². The van der Waals surface area contributed by atoms with Crippen LogP contribution in [0.25, 0.3) is 0 Å². The lowest BCUT2D eigenvalue weighted by molar-refractivity contribution is -0.121. The molecule has 2 atom stereocenters. The van der Waals surface area contributed by atoms with Gasteiger partial charge < -0.3 is 0 Å². The van der Waals surface area contributed by atoms with E-state index < -0.39 is 14.9 Å². The Kier molecular flexibility index (Phi) is 4.66. The smallest absolute Gasteiger partial charge is 0.243 e. The number of hydrogen-bond acceptors (Lipinski definition) is 3. The number of nitrogens with zero attached hydrogens (tertiary/aromatic N) is 1. The summed E-state index contributed by atoms with van der Waals surface area (Å²) in [6.45, 7) is 4.33. The van der Waals surface area contributed by atoms with Crippen molar-refractivity contribution in [2.45, 2.75) is 30.0 Å². The molecule has 0 unspecified atom stereocenters. The van der Waals surface area contributed by atoms with Crippen LogP contribution in [0.4, 0.5) is 0 Å². The second-order valence-electron chi connectivity index (χ2n) is 5.24. The van der Waals surface area contributed by atoms with E-state index >= 15 is 0 Å². The number of sulfonamides is 1. The van der Waals surface area contributed by atoms with Crippen LogP contribution in [-0.2, 0) is 14.8 Å². The molecule has 1 fully saturated rings. The lowest BCUT2D eigenvalue weighted by Gasteiger charge is -2.21. The molecule has 2 rings (SSSR count). The van der Waals surface area contributed by atoms with Crippen LogP contribution >= 0.6 is 15.9 Å². The van der Waals surface area contributed by atoms with E-state index in [2.05, 4.69) is 15.9 Å². The third-order valence-corrected chi connectivity index (χ3v) is 6.25. The summed E-state index contributed by atoms with van der Waals surface area (Å²) in [4.78, 5) is 11.8. The predicted molar refractivity (Wildman–Crippen MR) is 81.4 cm³/mol. The molecule has 6 heteroatoms. The number of benzene rings is 1. The zero-order chi connectivity index (χ0) is 14.9. The summed E-state index contributed by atoms with van der Waals surface area (Å²) in [5, 5.41) is 0. The first-order valence-electron chi connectivity index (χ1n) is 6.57. The number of ketones is 1. The predicted octanol–water partition coefficient (Wildman–Crippen LogP) is 2.36. The van der Waals surface area contributed by atoms with Crippen molar-refractivity contribution >= 4 is 31.7 Å². The number of hydrogen-bond donors (Lipinski definition) is 0. The SMILES string of the molecule is Cc1ccc(S(=O)(=O)N2CC[C@H](C)C(=O)[C@H](Br)C2)cc1. The highest BCUT2D eigenvalue weighted by molar-refractivity contribution is 9.10. The van der Waals surface area contributed by atoms with Gasteiger partial charge in [-0.05, 0) is 25.5 Å². The Hall–Kier alpha value is -0.720. The van der Waals surface area contributed by atoms with E-state index in [1.165, 1.54) is 4.31 Å². The van der Waals surface area contributed by atoms with Crippen LogP contribution in [0.3, 0.4) is 0 Å². The zero-order valence-corrected chi connectivity index (χ0v) is 13.9. The average molecular weight is 360 g/mol. The van der Waals surface area contributed by atoms with E-state index in [4.69, 9.17) is 0 Å². The second kappa shape index (κ2) is 5.95. The first-order chi connectivity index (χ1) is 9.32. The van der Waals surface area contributed by atoms with Crippen LogP contribution in [0.2, 0.25) is 0 Å². The van der Waals surface area contributed by atoms with E-state index in [0.29, 0.717) is 13.0 Å². The molecule has 110 valence electrons. The van der Waals surface area contributed by atoms with Gasteiger partial charge in [-0.15, -0.1) is 0 Å². The van der Waals surface area contributed by atoms with E-state index in [1.54, 1.807) is 24.3 Å². The van der Waals surface area contributed by atoms with Gasteiger partial charge in [-0.2, -0.15) is 4.31 Å². The van der Waals surface area contributed by atoms with Crippen LogP contribution in [0, 0.1) is 12.8 Å². The van der Waals surface area contributed by atoms with E-state index in [-0.39, 0.29) is 23.1 Å². The molecule has 1 aliphatic heterocycles. The third-order valence-electron chi connectivity index (χ3n) is 3.63. The lowest BCUT2D eigenvalue weighted by atomic mass is 10.0. The number of rotatable bonds is 2. The molecule has 0 radical (unpaired) electrons. The van der Waals surface area contributed by atoms with Crippen molar-refractivity contribution in [3.8, 4) is 0 Å². The molecular formula is C14H18BrNO3S. The summed E-state index contributed by atoms with van der Waals surface area (Å²) < 4.78 is 26.6. The van der Waals surface area contributed by atoms with Gasteiger partial charge in [0.1, 0.15) is 0 Å². The molecule has 0 aromatic heterocycles. The van der Waals surface area contributed by atoms with Gasteiger partial charge in [0.2, 0.25) is 10.0 Å². The first kappa shape index (κ1) is 15.7. The van der Waals surface area contributed by atoms with Crippen LogP contribution in [0.1, 0.15) is 18.9 Å². The normalized spacial score (nSPS) is 25.4. The Morgan fingerprint density at radius 3 is 2.45 bits per heavy atom. The molecule has 0 spiro atoms. The van der Waals surface area contributed by atoms with Crippen molar-refractivity contribution in [2.75, 3.05) is 13.1 Å². The molecule has 0 saturated carbocycles. The second-order valence-corrected chi connectivity index (χ2v) is 8.28. The minimum Gasteiger partial charge on any atom is -0.298 e. The van der Waals surface area contributed by atoms with Gasteiger partial charge in [-0.1, -0.05) is 40.5 Å². The maximum absolute atomic E-state index is 12.6. The number of alkyl halides is 1. The van der Waals surface area contributed by atoms with Gasteiger partial charge in [0.15, 0.2) is 5.78 Å². The van der Waals surface area contributed by atoms with E-state index in [0.717, 1.165) is 5.56 Å². The molecule has 1 aliphatic rings. The third kappa shape index (κ3) is 3.13. The van der Waals surface area contributed by atoms with Crippen molar-refractivity contribution in [3.63, 3.8) is 0 Å². The van der Waals surface area contributed by atoms with Crippen molar-refractivity contribution in [1.82, 2.24) is 4.31 Å². The minimum absolute atomic E-state index is 0.0756. The van der Waals surface area contributed by atoms with Crippen LogP contribution in [0.15, 0.2) is 29.2 Å². The molecule has 4 nitrogen and oxygen atoms in total. The van der Waals surface area contributed by atoms with E-state index in [1.807, 2.05) is 13.8 Å². The zero-order valence-electron chi connectivity index (χ0n) is 11.5. The summed E-state index contributed by atoms with van der Waals surface area (Å²) >= 11 is 3.31. The molecule has 1 heterocycles. The number of Topliss-reactive ketones (excluding diaryl/α,β-unsaturated/α-hetero) is 1. The van der Waals surface area contributed by atoms with Gasteiger partial charge in [-0.3, -0.25) is 4.79 Å². The molecular weight excluding hydrogens is 342 g/mol. The van der Waals surface area contributed by atoms with Crippen LogP contribution in [-0.4, -0.2) is 36.4 Å². The molecule has 1 aromatic carbocycles. The highest BCUT2D eigenvalue weighted by atomic mass is 79.9. The summed E-state index contributed by atoms with van der Waals surface area (Å²) in [5.41, 5.74) is 1.02. The van der Waals surface area contributed by atoms with Gasteiger partial charge in [-0.25, -0.2) is 8.42 Å². The Bertz CT molecular complexity index is 597. The molecule has 20 heavy (non-hydrogen) atoms. The molecule has 1 saturated heterocycles. The molecule has 1 aromatic rings. The van der Waals surface area contributed by atoms with Crippen LogP contribution < -0.4 is 0 Å². The van der Waals surface area contributed by atoms with Crippen molar-refractivity contribution < 1.29 is 13.2 Å². The Labute approximate surface area is 128 Å². The summed E-state index contributed by atoms with van der Waals surface area (Å²) in [5.74, 6) is -0.0378. The largest absolute Gasteiger partial charge is 0.298 e. The van der Waals surface area contributed by atoms with Gasteiger partial charge in [0, 0.05) is 19.0 Å². The maximum Gasteiger partial charge on any atom is 0.243 e. The number of carbonyl (C=O) groups excluding carboxylic acids is 1. The van der Waals surface area contributed by atoms with Crippen molar-refractivity contribution in [3.05, 3.63) is 29.8 Å². The highest BCUT2D eigenvalue weighted by Gasteiger charge is 2.34. The van der Waals surface area contributed by atoms with Gasteiger partial charge >= 0.3 is 0 Å². The first-order valence-corrected chi connectivity index (χ1v) is 8.92.